The molecule has 128 valence electrons. The molecule has 2 amide bonds. The van der Waals surface area contributed by atoms with Crippen LogP contribution in [0.5, 0.6) is 0 Å². The van der Waals surface area contributed by atoms with Crippen molar-refractivity contribution in [3.8, 4) is 0 Å². The number of benzene rings is 1. The molecule has 0 aliphatic heterocycles. The van der Waals surface area contributed by atoms with E-state index in [9.17, 15) is 14.0 Å². The van der Waals surface area contributed by atoms with E-state index in [1.165, 1.54) is 18.3 Å². The van der Waals surface area contributed by atoms with Crippen molar-refractivity contribution in [1.82, 2.24) is 4.98 Å². The molecular weight excluding hydrogens is 321 g/mol. The molecule has 0 radical (unpaired) electrons. The number of carbonyl (C=O) groups is 2. The lowest BCUT2D eigenvalue weighted by Gasteiger charge is -2.07. The summed E-state index contributed by atoms with van der Waals surface area (Å²) in [5, 5.41) is 5.58. The van der Waals surface area contributed by atoms with Gasteiger partial charge in [0.2, 0.25) is 11.8 Å². The number of carbonyl (C=O) groups excluding carboxylic acids is 2. The summed E-state index contributed by atoms with van der Waals surface area (Å²) in [6, 6.07) is 9.78. The second kappa shape index (κ2) is 6.27. The van der Waals surface area contributed by atoms with Crippen LogP contribution in [-0.4, -0.2) is 16.8 Å². The summed E-state index contributed by atoms with van der Waals surface area (Å²) in [6.45, 7) is 0. The first kappa shape index (κ1) is 15.7. The van der Waals surface area contributed by atoms with Crippen LogP contribution in [-0.2, 0) is 9.59 Å². The van der Waals surface area contributed by atoms with Crippen LogP contribution >= 0.6 is 0 Å². The number of pyridine rings is 1. The number of nitrogens with zero attached hydrogens (tertiary/aromatic N) is 1. The van der Waals surface area contributed by atoms with Gasteiger partial charge in [0.1, 0.15) is 11.6 Å². The van der Waals surface area contributed by atoms with Gasteiger partial charge in [0.15, 0.2) is 0 Å². The molecular formula is C19H18FN3O2. The Labute approximate surface area is 144 Å². The third-order valence-electron chi connectivity index (χ3n) is 4.63. The summed E-state index contributed by atoms with van der Waals surface area (Å²) >= 11 is 0. The molecule has 2 aliphatic rings. The van der Waals surface area contributed by atoms with Crippen LogP contribution in [0, 0.1) is 17.7 Å². The van der Waals surface area contributed by atoms with Gasteiger partial charge in [-0.2, -0.15) is 0 Å². The van der Waals surface area contributed by atoms with Crippen molar-refractivity contribution < 1.29 is 14.0 Å². The molecule has 6 heteroatoms. The van der Waals surface area contributed by atoms with E-state index in [2.05, 4.69) is 15.6 Å². The van der Waals surface area contributed by atoms with E-state index in [4.69, 9.17) is 0 Å². The molecule has 0 unspecified atom stereocenters. The Balaban J connectivity index is 1.33. The van der Waals surface area contributed by atoms with Crippen molar-refractivity contribution in [2.75, 3.05) is 10.6 Å². The van der Waals surface area contributed by atoms with E-state index in [0.29, 0.717) is 11.5 Å². The fourth-order valence-corrected chi connectivity index (χ4v) is 2.94. The van der Waals surface area contributed by atoms with Crippen LogP contribution in [0.3, 0.4) is 0 Å². The first-order valence-electron chi connectivity index (χ1n) is 8.43. The van der Waals surface area contributed by atoms with Crippen molar-refractivity contribution >= 4 is 23.3 Å². The molecule has 2 atom stereocenters. The molecule has 2 fully saturated rings. The highest BCUT2D eigenvalue weighted by molar-refractivity contribution is 5.96. The maximum atomic E-state index is 13.3. The highest BCUT2D eigenvalue weighted by Gasteiger charge is 2.44. The first-order valence-corrected chi connectivity index (χ1v) is 8.43. The summed E-state index contributed by atoms with van der Waals surface area (Å²) in [5.41, 5.74) is 1.44. The zero-order valence-corrected chi connectivity index (χ0v) is 13.5. The Kier molecular flexibility index (Phi) is 3.95. The van der Waals surface area contributed by atoms with Crippen LogP contribution in [0.25, 0.3) is 0 Å². The third-order valence-corrected chi connectivity index (χ3v) is 4.63. The number of hydrogen-bond donors (Lipinski definition) is 2. The Morgan fingerprint density at radius 3 is 2.60 bits per heavy atom. The average Bonchev–Trinajstić information content (AvgIpc) is 3.48. The molecule has 2 saturated carbocycles. The van der Waals surface area contributed by atoms with Gasteiger partial charge < -0.3 is 10.6 Å². The molecule has 2 aliphatic carbocycles. The molecule has 1 aromatic heterocycles. The van der Waals surface area contributed by atoms with Gasteiger partial charge in [0.25, 0.3) is 0 Å². The molecule has 1 aromatic carbocycles. The van der Waals surface area contributed by atoms with Gasteiger partial charge in [-0.25, -0.2) is 9.37 Å². The third kappa shape index (κ3) is 3.68. The number of amides is 2. The predicted molar refractivity (Wildman–Crippen MR) is 91.5 cm³/mol. The Hall–Kier alpha value is -2.76. The summed E-state index contributed by atoms with van der Waals surface area (Å²) in [7, 11) is 0. The minimum Gasteiger partial charge on any atom is -0.324 e. The molecule has 2 N–H and O–H groups in total. The van der Waals surface area contributed by atoms with E-state index in [0.717, 1.165) is 24.8 Å². The largest absolute Gasteiger partial charge is 0.324 e. The van der Waals surface area contributed by atoms with Crippen molar-refractivity contribution in [2.45, 2.75) is 25.2 Å². The smallest absolute Gasteiger partial charge is 0.228 e. The molecule has 0 spiro atoms. The van der Waals surface area contributed by atoms with Crippen LogP contribution in [0.2, 0.25) is 0 Å². The number of hydrogen-bond acceptors (Lipinski definition) is 3. The number of anilines is 2. The zero-order valence-electron chi connectivity index (χ0n) is 13.5. The average molecular weight is 339 g/mol. The number of halogens is 1. The second-order valence-electron chi connectivity index (χ2n) is 6.69. The van der Waals surface area contributed by atoms with Crippen molar-refractivity contribution in [3.05, 3.63) is 54.0 Å². The fourth-order valence-electron chi connectivity index (χ4n) is 2.94. The summed E-state index contributed by atoms with van der Waals surface area (Å²) < 4.78 is 13.3. The minimum atomic E-state index is -0.281. The number of nitrogens with one attached hydrogen (secondary N) is 2. The van der Waals surface area contributed by atoms with Gasteiger partial charge in [-0.15, -0.1) is 0 Å². The molecule has 0 saturated heterocycles. The van der Waals surface area contributed by atoms with Gasteiger partial charge >= 0.3 is 0 Å². The topological polar surface area (TPSA) is 71.1 Å². The predicted octanol–water partition coefficient (Wildman–Crippen LogP) is 3.31. The van der Waals surface area contributed by atoms with Gasteiger partial charge in [-0.05, 0) is 55.0 Å². The van der Waals surface area contributed by atoms with Crippen LogP contribution in [0.1, 0.15) is 30.7 Å². The zero-order chi connectivity index (χ0) is 17.4. The van der Waals surface area contributed by atoms with E-state index in [-0.39, 0.29) is 35.4 Å². The van der Waals surface area contributed by atoms with E-state index in [1.807, 2.05) is 6.07 Å². The summed E-state index contributed by atoms with van der Waals surface area (Å²) in [4.78, 5) is 28.1. The van der Waals surface area contributed by atoms with E-state index >= 15 is 0 Å². The lowest BCUT2D eigenvalue weighted by atomic mass is 10.1. The monoisotopic (exact) mass is 339 g/mol. The quantitative estimate of drug-likeness (QED) is 0.878. The van der Waals surface area contributed by atoms with Crippen molar-refractivity contribution in [1.29, 1.82) is 0 Å². The Morgan fingerprint density at radius 1 is 1.08 bits per heavy atom. The Morgan fingerprint density at radius 2 is 1.92 bits per heavy atom. The second-order valence-corrected chi connectivity index (χ2v) is 6.69. The number of rotatable bonds is 5. The molecule has 1 heterocycles. The molecule has 2 aromatic rings. The summed E-state index contributed by atoms with van der Waals surface area (Å²) in [6.07, 6.45) is 4.12. The highest BCUT2D eigenvalue weighted by Crippen LogP contribution is 2.48. The fraction of sp³-hybridized carbons (Fsp3) is 0.316. The summed E-state index contributed by atoms with van der Waals surface area (Å²) in [5.74, 6) is 0.161. The highest BCUT2D eigenvalue weighted by atomic mass is 19.1. The van der Waals surface area contributed by atoms with E-state index in [1.54, 1.807) is 18.2 Å². The maximum absolute atomic E-state index is 13.3. The minimum absolute atomic E-state index is 0.000186. The van der Waals surface area contributed by atoms with Gasteiger partial charge in [-0.3, -0.25) is 9.59 Å². The van der Waals surface area contributed by atoms with Gasteiger partial charge in [0, 0.05) is 11.8 Å². The lowest BCUT2D eigenvalue weighted by molar-refractivity contribution is -0.118. The van der Waals surface area contributed by atoms with Crippen LogP contribution in [0.4, 0.5) is 15.9 Å². The molecule has 5 nitrogen and oxygen atoms in total. The van der Waals surface area contributed by atoms with Gasteiger partial charge in [-0.1, -0.05) is 12.1 Å². The number of aromatic nitrogens is 1. The first-order chi connectivity index (χ1) is 12.1. The molecule has 4 rings (SSSR count). The SMILES string of the molecule is O=C(Nc1ccc(NC(=O)[C@H]2C[C@H]2c2cccc(F)c2)cn1)C1CC1. The lowest BCUT2D eigenvalue weighted by Crippen LogP contribution is -2.16. The maximum Gasteiger partial charge on any atom is 0.228 e. The van der Waals surface area contributed by atoms with Crippen LogP contribution in [0.15, 0.2) is 42.6 Å². The Bertz CT molecular complexity index is 818. The van der Waals surface area contributed by atoms with Gasteiger partial charge in [0.05, 0.1) is 11.9 Å². The van der Waals surface area contributed by atoms with Crippen molar-refractivity contribution in [2.24, 2.45) is 11.8 Å². The molecule has 0 bridgehead atoms. The van der Waals surface area contributed by atoms with Crippen molar-refractivity contribution in [3.63, 3.8) is 0 Å². The van der Waals surface area contributed by atoms with Crippen LogP contribution < -0.4 is 10.6 Å². The van der Waals surface area contributed by atoms with E-state index < -0.39 is 0 Å². The molecule has 25 heavy (non-hydrogen) atoms. The standard InChI is InChI=1S/C19H18FN3O2/c20-13-3-1-2-12(8-13)15-9-16(15)19(25)22-14-6-7-17(21-10-14)23-18(24)11-4-5-11/h1-3,6-8,10-11,15-16H,4-5,9H2,(H,22,25)(H,21,23,24)/t15-,16-/m0/s1. The normalized spacial score (nSPS) is 21.5.